The maximum atomic E-state index is 13.5. The fraction of sp³-hybridized carbons (Fsp3) is 0.167. The summed E-state index contributed by atoms with van der Waals surface area (Å²) in [5.74, 6) is -0.773. The maximum Gasteiger partial charge on any atom is 0.182 e. The van der Waals surface area contributed by atoms with Crippen LogP contribution >= 0.6 is 0 Å². The molecule has 0 aliphatic heterocycles. The molecular formula is C12H12F2N4. The molecule has 0 unspecified atom stereocenters. The second-order valence-electron chi connectivity index (χ2n) is 3.67. The third kappa shape index (κ3) is 2.22. The van der Waals surface area contributed by atoms with Crippen molar-refractivity contribution in [2.75, 3.05) is 17.7 Å². The SMILES string of the molecule is CNc1ncnc(Nc2cccc(F)c2F)c1C. The summed E-state index contributed by atoms with van der Waals surface area (Å²) in [5.41, 5.74) is 0.766. The van der Waals surface area contributed by atoms with Crippen LogP contribution in [0.25, 0.3) is 0 Å². The molecule has 18 heavy (non-hydrogen) atoms. The topological polar surface area (TPSA) is 49.8 Å². The fourth-order valence-electron chi connectivity index (χ4n) is 1.56. The molecule has 0 amide bonds. The van der Waals surface area contributed by atoms with E-state index < -0.39 is 11.6 Å². The van der Waals surface area contributed by atoms with E-state index in [4.69, 9.17) is 0 Å². The van der Waals surface area contributed by atoms with Crippen molar-refractivity contribution in [3.8, 4) is 0 Å². The quantitative estimate of drug-likeness (QED) is 0.879. The van der Waals surface area contributed by atoms with Gasteiger partial charge < -0.3 is 10.6 Å². The number of hydrogen-bond acceptors (Lipinski definition) is 4. The summed E-state index contributed by atoms with van der Waals surface area (Å²) >= 11 is 0. The molecule has 0 spiro atoms. The predicted molar refractivity (Wildman–Crippen MR) is 66.0 cm³/mol. The van der Waals surface area contributed by atoms with Crippen LogP contribution < -0.4 is 10.6 Å². The van der Waals surface area contributed by atoms with Gasteiger partial charge in [-0.05, 0) is 19.1 Å². The van der Waals surface area contributed by atoms with Crippen molar-refractivity contribution >= 4 is 17.3 Å². The summed E-state index contributed by atoms with van der Waals surface area (Å²) < 4.78 is 26.6. The molecular weight excluding hydrogens is 238 g/mol. The van der Waals surface area contributed by atoms with E-state index in [9.17, 15) is 8.78 Å². The monoisotopic (exact) mass is 250 g/mol. The number of nitrogens with one attached hydrogen (secondary N) is 2. The van der Waals surface area contributed by atoms with Crippen molar-refractivity contribution in [1.29, 1.82) is 0 Å². The van der Waals surface area contributed by atoms with Crippen LogP contribution in [0, 0.1) is 18.6 Å². The lowest BCUT2D eigenvalue weighted by atomic mass is 10.2. The van der Waals surface area contributed by atoms with Crippen LogP contribution in [0.15, 0.2) is 24.5 Å². The summed E-state index contributed by atoms with van der Waals surface area (Å²) in [7, 11) is 1.72. The van der Waals surface area contributed by atoms with E-state index in [1.807, 2.05) is 0 Å². The Morgan fingerprint density at radius 2 is 1.83 bits per heavy atom. The second-order valence-corrected chi connectivity index (χ2v) is 3.67. The molecule has 1 heterocycles. The number of halogens is 2. The third-order valence-electron chi connectivity index (χ3n) is 2.53. The molecule has 94 valence electrons. The molecule has 1 aromatic carbocycles. The van der Waals surface area contributed by atoms with Crippen LogP contribution in [-0.4, -0.2) is 17.0 Å². The van der Waals surface area contributed by atoms with E-state index in [0.29, 0.717) is 11.6 Å². The van der Waals surface area contributed by atoms with E-state index in [2.05, 4.69) is 20.6 Å². The summed E-state index contributed by atoms with van der Waals surface area (Å²) in [6, 6.07) is 3.93. The van der Waals surface area contributed by atoms with E-state index in [1.165, 1.54) is 18.5 Å². The molecule has 0 aliphatic carbocycles. The summed E-state index contributed by atoms with van der Waals surface area (Å²) in [6.07, 6.45) is 1.35. The van der Waals surface area contributed by atoms with Crippen molar-refractivity contribution in [3.05, 3.63) is 41.7 Å². The lowest BCUT2D eigenvalue weighted by Crippen LogP contribution is -2.04. The third-order valence-corrected chi connectivity index (χ3v) is 2.53. The van der Waals surface area contributed by atoms with Gasteiger partial charge in [0.2, 0.25) is 0 Å². The number of rotatable bonds is 3. The minimum atomic E-state index is -0.929. The van der Waals surface area contributed by atoms with Gasteiger partial charge >= 0.3 is 0 Å². The van der Waals surface area contributed by atoms with Gasteiger partial charge in [0.25, 0.3) is 0 Å². The van der Waals surface area contributed by atoms with E-state index in [0.717, 1.165) is 11.6 Å². The zero-order chi connectivity index (χ0) is 13.1. The molecule has 1 aromatic heterocycles. The van der Waals surface area contributed by atoms with Gasteiger partial charge in [0, 0.05) is 12.6 Å². The number of aromatic nitrogens is 2. The van der Waals surface area contributed by atoms with Crippen LogP contribution in [0.2, 0.25) is 0 Å². The molecule has 6 heteroatoms. The van der Waals surface area contributed by atoms with Crippen LogP contribution in [-0.2, 0) is 0 Å². The first-order chi connectivity index (χ1) is 8.63. The molecule has 2 N–H and O–H groups in total. The summed E-state index contributed by atoms with van der Waals surface area (Å²) in [6.45, 7) is 1.78. The molecule has 4 nitrogen and oxygen atoms in total. The zero-order valence-electron chi connectivity index (χ0n) is 9.96. The molecule has 0 saturated heterocycles. The molecule has 2 rings (SSSR count). The van der Waals surface area contributed by atoms with Gasteiger partial charge in [0.15, 0.2) is 11.6 Å². The first-order valence-corrected chi connectivity index (χ1v) is 5.34. The highest BCUT2D eigenvalue weighted by atomic mass is 19.2. The number of nitrogens with zero attached hydrogens (tertiary/aromatic N) is 2. The van der Waals surface area contributed by atoms with Crippen LogP contribution in [0.5, 0.6) is 0 Å². The molecule has 0 atom stereocenters. The average molecular weight is 250 g/mol. The largest absolute Gasteiger partial charge is 0.373 e. The Morgan fingerprint density at radius 1 is 1.11 bits per heavy atom. The average Bonchev–Trinajstić information content (AvgIpc) is 2.37. The number of anilines is 3. The summed E-state index contributed by atoms with van der Waals surface area (Å²) in [4.78, 5) is 8.01. The van der Waals surface area contributed by atoms with Crippen molar-refractivity contribution in [2.24, 2.45) is 0 Å². The molecule has 0 aliphatic rings. The van der Waals surface area contributed by atoms with Crippen LogP contribution in [0.4, 0.5) is 26.1 Å². The van der Waals surface area contributed by atoms with Crippen LogP contribution in [0.3, 0.4) is 0 Å². The number of hydrogen-bond donors (Lipinski definition) is 2. The van der Waals surface area contributed by atoms with Crippen molar-refractivity contribution in [1.82, 2.24) is 9.97 Å². The first-order valence-electron chi connectivity index (χ1n) is 5.34. The van der Waals surface area contributed by atoms with Crippen LogP contribution in [0.1, 0.15) is 5.56 Å². The van der Waals surface area contributed by atoms with Gasteiger partial charge in [0.1, 0.15) is 18.0 Å². The molecule has 0 bridgehead atoms. The predicted octanol–water partition coefficient (Wildman–Crippen LogP) is 2.85. The summed E-state index contributed by atoms with van der Waals surface area (Å²) in [5, 5.41) is 5.64. The van der Waals surface area contributed by atoms with Crippen molar-refractivity contribution < 1.29 is 8.78 Å². The second kappa shape index (κ2) is 4.95. The molecule has 2 aromatic rings. The van der Waals surface area contributed by atoms with E-state index >= 15 is 0 Å². The highest BCUT2D eigenvalue weighted by Gasteiger charge is 2.11. The van der Waals surface area contributed by atoms with Gasteiger partial charge in [-0.1, -0.05) is 6.07 Å². The van der Waals surface area contributed by atoms with Gasteiger partial charge in [-0.25, -0.2) is 18.7 Å². The Morgan fingerprint density at radius 3 is 2.56 bits per heavy atom. The minimum absolute atomic E-state index is 0.0406. The van der Waals surface area contributed by atoms with E-state index in [-0.39, 0.29) is 5.69 Å². The Hall–Kier alpha value is -2.24. The minimum Gasteiger partial charge on any atom is -0.373 e. The Bertz CT molecular complexity index is 572. The highest BCUT2D eigenvalue weighted by molar-refractivity contribution is 5.64. The normalized spacial score (nSPS) is 10.2. The van der Waals surface area contributed by atoms with Gasteiger partial charge in [-0.3, -0.25) is 0 Å². The molecule has 0 saturated carbocycles. The Kier molecular flexibility index (Phi) is 3.36. The lowest BCUT2D eigenvalue weighted by molar-refractivity contribution is 0.511. The Labute approximate surface area is 103 Å². The first kappa shape index (κ1) is 12.2. The van der Waals surface area contributed by atoms with Gasteiger partial charge in [-0.15, -0.1) is 0 Å². The lowest BCUT2D eigenvalue weighted by Gasteiger charge is -2.11. The van der Waals surface area contributed by atoms with E-state index in [1.54, 1.807) is 14.0 Å². The molecule has 0 fully saturated rings. The van der Waals surface area contributed by atoms with Crippen molar-refractivity contribution in [3.63, 3.8) is 0 Å². The van der Waals surface area contributed by atoms with Gasteiger partial charge in [0.05, 0.1) is 5.69 Å². The zero-order valence-corrected chi connectivity index (χ0v) is 9.96. The fourth-order valence-corrected chi connectivity index (χ4v) is 1.56. The molecule has 0 radical (unpaired) electrons. The standard InChI is InChI=1S/C12H12F2N4/c1-7-11(15-2)16-6-17-12(7)18-9-5-3-4-8(13)10(9)14/h3-6H,1-2H3,(H2,15,16,17,18). The van der Waals surface area contributed by atoms with Crippen molar-refractivity contribution in [2.45, 2.75) is 6.92 Å². The Balaban J connectivity index is 2.37. The highest BCUT2D eigenvalue weighted by Crippen LogP contribution is 2.24. The smallest absolute Gasteiger partial charge is 0.182 e. The van der Waals surface area contributed by atoms with Gasteiger partial charge in [-0.2, -0.15) is 0 Å². The maximum absolute atomic E-state index is 13.5. The number of benzene rings is 1.